The Kier molecular flexibility index (Phi) is 4.99. The fourth-order valence-electron chi connectivity index (χ4n) is 3.78. The van der Waals surface area contributed by atoms with Crippen LogP contribution in [0.3, 0.4) is 0 Å². The minimum Gasteiger partial charge on any atom is -0.467 e. The molecule has 1 N–H and O–H groups in total. The van der Waals surface area contributed by atoms with Gasteiger partial charge in [0.15, 0.2) is 0 Å². The number of amides is 2. The van der Waals surface area contributed by atoms with E-state index >= 15 is 0 Å². The van der Waals surface area contributed by atoms with Crippen LogP contribution in [-0.4, -0.2) is 36.9 Å². The van der Waals surface area contributed by atoms with Crippen LogP contribution in [0.2, 0.25) is 0 Å². The predicted octanol–water partition coefficient (Wildman–Crippen LogP) is 2.07. The predicted molar refractivity (Wildman–Crippen MR) is 114 cm³/mol. The minimum atomic E-state index is -0.337. The Morgan fingerprint density at radius 1 is 1.29 bits per heavy atom. The van der Waals surface area contributed by atoms with E-state index in [9.17, 15) is 14.4 Å². The van der Waals surface area contributed by atoms with E-state index in [1.54, 1.807) is 33.9 Å². The van der Waals surface area contributed by atoms with E-state index in [0.717, 1.165) is 0 Å². The Bertz CT molecular complexity index is 1210. The number of fused-ring (bicyclic) bond motifs is 2. The van der Waals surface area contributed by atoms with E-state index in [-0.39, 0.29) is 54.2 Å². The number of nitrogens with one attached hydrogen (secondary N) is 1. The molecule has 0 aromatic carbocycles. The molecular formula is C22H27N5O4. The number of furan rings is 1. The summed E-state index contributed by atoms with van der Waals surface area (Å²) in [7, 11) is 0. The zero-order chi connectivity index (χ0) is 22.5. The SMILES string of the molecule is CC(C)NC(=O)Cn1c2c(c(=O)n3nc(C(C)(C)C)cc13)CN(Cc1ccco1)C2=O. The normalized spacial score (nSPS) is 14.0. The van der Waals surface area contributed by atoms with Gasteiger partial charge in [-0.05, 0) is 26.0 Å². The quantitative estimate of drug-likeness (QED) is 0.674. The van der Waals surface area contributed by atoms with Crippen molar-refractivity contribution in [1.29, 1.82) is 0 Å². The maximum absolute atomic E-state index is 13.3. The summed E-state index contributed by atoms with van der Waals surface area (Å²) < 4.78 is 8.29. The smallest absolute Gasteiger partial charge is 0.280 e. The van der Waals surface area contributed by atoms with Gasteiger partial charge < -0.3 is 19.2 Å². The molecule has 0 aliphatic carbocycles. The Labute approximate surface area is 179 Å². The van der Waals surface area contributed by atoms with Crippen LogP contribution in [0.15, 0.2) is 33.7 Å². The largest absolute Gasteiger partial charge is 0.467 e. The van der Waals surface area contributed by atoms with Gasteiger partial charge in [-0.3, -0.25) is 14.4 Å². The van der Waals surface area contributed by atoms with Crippen molar-refractivity contribution in [2.75, 3.05) is 0 Å². The molecule has 0 fully saturated rings. The molecule has 164 valence electrons. The van der Waals surface area contributed by atoms with Gasteiger partial charge in [0.25, 0.3) is 11.5 Å². The molecule has 0 bridgehead atoms. The first-order chi connectivity index (χ1) is 14.6. The average Bonchev–Trinajstić information content (AvgIpc) is 3.38. The summed E-state index contributed by atoms with van der Waals surface area (Å²) in [6.45, 7) is 10.0. The van der Waals surface area contributed by atoms with E-state index < -0.39 is 0 Å². The third-order valence-electron chi connectivity index (χ3n) is 5.26. The molecule has 2 amide bonds. The molecule has 4 rings (SSSR count). The highest BCUT2D eigenvalue weighted by Gasteiger charge is 2.36. The molecule has 0 saturated carbocycles. The molecule has 1 aliphatic heterocycles. The first-order valence-corrected chi connectivity index (χ1v) is 10.3. The van der Waals surface area contributed by atoms with Gasteiger partial charge in [0, 0.05) is 17.5 Å². The zero-order valence-corrected chi connectivity index (χ0v) is 18.4. The Morgan fingerprint density at radius 2 is 2.03 bits per heavy atom. The van der Waals surface area contributed by atoms with Crippen molar-refractivity contribution in [1.82, 2.24) is 24.4 Å². The molecule has 0 unspecified atom stereocenters. The van der Waals surface area contributed by atoms with Crippen molar-refractivity contribution in [2.45, 2.75) is 65.7 Å². The minimum absolute atomic E-state index is 0.0443. The molecule has 0 spiro atoms. The highest BCUT2D eigenvalue weighted by Crippen LogP contribution is 2.27. The monoisotopic (exact) mass is 425 g/mol. The number of carbonyl (C=O) groups excluding carboxylic acids is 2. The van der Waals surface area contributed by atoms with E-state index in [4.69, 9.17) is 4.42 Å². The maximum Gasteiger partial charge on any atom is 0.280 e. The second-order valence-electron chi connectivity index (χ2n) is 9.23. The van der Waals surface area contributed by atoms with Gasteiger partial charge in [0.2, 0.25) is 5.91 Å². The van der Waals surface area contributed by atoms with Crippen molar-refractivity contribution < 1.29 is 14.0 Å². The van der Waals surface area contributed by atoms with Gasteiger partial charge in [-0.25, -0.2) is 0 Å². The second-order valence-corrected chi connectivity index (χ2v) is 9.23. The van der Waals surface area contributed by atoms with Crippen LogP contribution in [0.1, 0.15) is 62.1 Å². The van der Waals surface area contributed by atoms with Gasteiger partial charge in [-0.15, -0.1) is 0 Å². The fraction of sp³-hybridized carbons (Fsp3) is 0.455. The van der Waals surface area contributed by atoms with Crippen molar-refractivity contribution in [3.63, 3.8) is 0 Å². The summed E-state index contributed by atoms with van der Waals surface area (Å²) in [6, 6.07) is 5.27. The number of carbonyl (C=O) groups is 2. The molecule has 9 heteroatoms. The van der Waals surface area contributed by atoms with Gasteiger partial charge in [0.05, 0.1) is 30.6 Å². The molecule has 3 aromatic heterocycles. The molecule has 0 atom stereocenters. The van der Waals surface area contributed by atoms with Gasteiger partial charge >= 0.3 is 0 Å². The average molecular weight is 425 g/mol. The van der Waals surface area contributed by atoms with Gasteiger partial charge in [0.1, 0.15) is 23.6 Å². The van der Waals surface area contributed by atoms with Crippen molar-refractivity contribution in [3.8, 4) is 0 Å². The standard InChI is InChI=1S/C22H27N5O4/c1-13(2)23-17(28)12-26-18-9-16(22(3,4)5)24-27(18)20(29)15-11-25(21(30)19(15)26)10-14-7-6-8-31-14/h6-9,13H,10-12H2,1-5H3,(H,23,28). The number of aromatic nitrogens is 3. The molecule has 31 heavy (non-hydrogen) atoms. The van der Waals surface area contributed by atoms with E-state index in [2.05, 4.69) is 10.4 Å². The Balaban J connectivity index is 1.86. The maximum atomic E-state index is 13.3. The fourth-order valence-corrected chi connectivity index (χ4v) is 3.78. The molecule has 0 saturated heterocycles. The van der Waals surface area contributed by atoms with Crippen LogP contribution in [0.25, 0.3) is 5.65 Å². The van der Waals surface area contributed by atoms with E-state index in [0.29, 0.717) is 22.7 Å². The third kappa shape index (κ3) is 3.75. The van der Waals surface area contributed by atoms with E-state index in [1.807, 2.05) is 34.6 Å². The lowest BCUT2D eigenvalue weighted by molar-refractivity contribution is -0.122. The van der Waals surface area contributed by atoms with Crippen molar-refractivity contribution in [2.24, 2.45) is 0 Å². The number of hydrogen-bond acceptors (Lipinski definition) is 5. The van der Waals surface area contributed by atoms with Crippen molar-refractivity contribution in [3.05, 3.63) is 57.5 Å². The summed E-state index contributed by atoms with van der Waals surface area (Å²) in [6.07, 6.45) is 1.54. The molecule has 9 nitrogen and oxygen atoms in total. The first kappa shape index (κ1) is 20.9. The molecule has 1 aliphatic rings. The van der Waals surface area contributed by atoms with Crippen LogP contribution in [0, 0.1) is 0 Å². The third-order valence-corrected chi connectivity index (χ3v) is 5.26. The molecule has 0 radical (unpaired) electrons. The van der Waals surface area contributed by atoms with Crippen LogP contribution < -0.4 is 10.9 Å². The van der Waals surface area contributed by atoms with Crippen LogP contribution in [0.5, 0.6) is 0 Å². The Morgan fingerprint density at radius 3 is 2.65 bits per heavy atom. The summed E-state index contributed by atoms with van der Waals surface area (Å²) in [5, 5.41) is 7.37. The summed E-state index contributed by atoms with van der Waals surface area (Å²) >= 11 is 0. The van der Waals surface area contributed by atoms with Crippen LogP contribution in [-0.2, 0) is 29.8 Å². The van der Waals surface area contributed by atoms with Gasteiger partial charge in [-0.2, -0.15) is 9.61 Å². The topological polar surface area (TPSA) is 102 Å². The number of hydrogen-bond donors (Lipinski definition) is 1. The highest BCUT2D eigenvalue weighted by atomic mass is 16.3. The molecule has 4 heterocycles. The first-order valence-electron chi connectivity index (χ1n) is 10.3. The lowest BCUT2D eigenvalue weighted by atomic mass is 9.93. The summed E-state index contributed by atoms with van der Waals surface area (Å²) in [4.78, 5) is 40.7. The van der Waals surface area contributed by atoms with E-state index in [1.165, 1.54) is 4.52 Å². The number of nitrogens with zero attached hydrogens (tertiary/aromatic N) is 4. The summed E-state index contributed by atoms with van der Waals surface area (Å²) in [5.41, 5.74) is 1.09. The lowest BCUT2D eigenvalue weighted by Crippen LogP contribution is -2.35. The van der Waals surface area contributed by atoms with Crippen LogP contribution >= 0.6 is 0 Å². The van der Waals surface area contributed by atoms with Gasteiger partial charge in [-0.1, -0.05) is 20.8 Å². The second kappa shape index (κ2) is 7.40. The zero-order valence-electron chi connectivity index (χ0n) is 18.4. The highest BCUT2D eigenvalue weighted by molar-refractivity contribution is 5.97. The molecule has 3 aromatic rings. The van der Waals surface area contributed by atoms with Crippen molar-refractivity contribution >= 4 is 17.5 Å². The molecular weight excluding hydrogens is 398 g/mol. The summed E-state index contributed by atoms with van der Waals surface area (Å²) in [5.74, 6) is 0.0814. The number of rotatable bonds is 5. The lowest BCUT2D eigenvalue weighted by Gasteiger charge is -2.16. The van der Waals surface area contributed by atoms with Crippen LogP contribution in [0.4, 0.5) is 0 Å². The Hall–Kier alpha value is -3.36.